The van der Waals surface area contributed by atoms with Crippen molar-refractivity contribution in [1.82, 2.24) is 10.2 Å². The summed E-state index contributed by atoms with van der Waals surface area (Å²) in [5, 5.41) is 11.4. The second kappa shape index (κ2) is 5.38. The number of carboxylic acid groups (broad SMARTS) is 1. The van der Waals surface area contributed by atoms with E-state index in [1.807, 2.05) is 0 Å². The van der Waals surface area contributed by atoms with Crippen LogP contribution in [0.2, 0.25) is 0 Å². The Morgan fingerprint density at radius 1 is 1.47 bits per heavy atom. The molecule has 6 nitrogen and oxygen atoms in total. The normalized spacial score (nSPS) is 13.8. The van der Waals surface area contributed by atoms with E-state index in [9.17, 15) is 9.59 Å². The molecule has 1 rings (SSSR count). The molecular weight excluding hydrogens is 224 g/mol. The van der Waals surface area contributed by atoms with Gasteiger partial charge in [0, 0.05) is 7.05 Å². The molecule has 1 aromatic heterocycles. The first-order valence-electron chi connectivity index (χ1n) is 5.23. The fraction of sp³-hybridized carbons (Fsp3) is 0.455. The summed E-state index contributed by atoms with van der Waals surface area (Å²) in [5.41, 5.74) is 0. The summed E-state index contributed by atoms with van der Waals surface area (Å²) in [6, 6.07) is 1.83. The number of likely N-dealkylation sites (N-methyl/N-ethyl adjacent to an activating group) is 1. The van der Waals surface area contributed by atoms with E-state index in [1.165, 1.54) is 20.2 Å². The maximum absolute atomic E-state index is 11.7. The highest BCUT2D eigenvalue weighted by molar-refractivity contribution is 5.82. The molecule has 0 radical (unpaired) electrons. The lowest BCUT2D eigenvalue weighted by Crippen LogP contribution is -2.46. The van der Waals surface area contributed by atoms with Crippen molar-refractivity contribution in [1.29, 1.82) is 0 Å². The molecule has 2 N–H and O–H groups in total. The number of carbonyl (C=O) groups excluding carboxylic acids is 1. The number of carboxylic acids is 1. The number of hydrogen-bond acceptors (Lipinski definition) is 3. The van der Waals surface area contributed by atoms with Crippen LogP contribution in [0.5, 0.6) is 0 Å². The Hall–Kier alpha value is -1.98. The van der Waals surface area contributed by atoms with Crippen LogP contribution >= 0.6 is 0 Å². The van der Waals surface area contributed by atoms with Gasteiger partial charge in [-0.15, -0.1) is 0 Å². The van der Waals surface area contributed by atoms with Gasteiger partial charge in [0.25, 0.3) is 0 Å². The minimum Gasteiger partial charge on any atom is -0.480 e. The minimum atomic E-state index is -1.05. The number of aliphatic carboxylic acids is 1. The quantitative estimate of drug-likeness (QED) is 0.834. The smallest absolute Gasteiger partial charge is 0.326 e. The molecule has 0 aliphatic carbocycles. The molecule has 0 fully saturated rings. The van der Waals surface area contributed by atoms with Crippen LogP contribution in [-0.4, -0.2) is 35.1 Å². The first-order valence-corrected chi connectivity index (χ1v) is 5.23. The van der Waals surface area contributed by atoms with Gasteiger partial charge in [0.2, 0.25) is 0 Å². The number of carbonyl (C=O) groups is 2. The third-order valence-electron chi connectivity index (χ3n) is 2.57. The highest BCUT2D eigenvalue weighted by atomic mass is 16.4. The average molecular weight is 240 g/mol. The van der Waals surface area contributed by atoms with Gasteiger partial charge in [-0.1, -0.05) is 0 Å². The summed E-state index contributed by atoms with van der Waals surface area (Å²) in [7, 11) is 1.43. The van der Waals surface area contributed by atoms with Gasteiger partial charge in [-0.3, -0.25) is 0 Å². The molecule has 0 saturated carbocycles. The number of furan rings is 1. The van der Waals surface area contributed by atoms with Gasteiger partial charge in [0.1, 0.15) is 11.8 Å². The molecule has 0 spiro atoms. The van der Waals surface area contributed by atoms with Crippen LogP contribution in [0.3, 0.4) is 0 Å². The zero-order valence-corrected chi connectivity index (χ0v) is 10.0. The molecule has 0 bridgehead atoms. The highest BCUT2D eigenvalue weighted by Crippen LogP contribution is 2.12. The predicted octanol–water partition coefficient (Wildman–Crippen LogP) is 1.46. The van der Waals surface area contributed by atoms with Crippen molar-refractivity contribution in [3.63, 3.8) is 0 Å². The Morgan fingerprint density at radius 2 is 2.12 bits per heavy atom. The van der Waals surface area contributed by atoms with Gasteiger partial charge in [-0.2, -0.15) is 0 Å². The molecule has 1 heterocycles. The Balaban J connectivity index is 2.57. The van der Waals surface area contributed by atoms with E-state index in [1.54, 1.807) is 19.1 Å². The minimum absolute atomic E-state index is 0.305. The van der Waals surface area contributed by atoms with Crippen molar-refractivity contribution < 1.29 is 19.1 Å². The molecule has 0 aliphatic rings. The second-order valence-electron chi connectivity index (χ2n) is 3.81. The summed E-state index contributed by atoms with van der Waals surface area (Å²) in [6.07, 6.45) is 1.52. The lowest BCUT2D eigenvalue weighted by Gasteiger charge is -2.23. The molecule has 2 amide bonds. The van der Waals surface area contributed by atoms with E-state index in [2.05, 4.69) is 5.32 Å². The molecule has 0 aromatic carbocycles. The van der Waals surface area contributed by atoms with Crippen molar-refractivity contribution in [2.45, 2.75) is 25.9 Å². The van der Waals surface area contributed by atoms with E-state index in [-0.39, 0.29) is 6.04 Å². The van der Waals surface area contributed by atoms with Crippen molar-refractivity contribution in [3.05, 3.63) is 24.2 Å². The summed E-state index contributed by atoms with van der Waals surface area (Å²) in [6.45, 7) is 3.20. The monoisotopic (exact) mass is 240 g/mol. The molecule has 1 aromatic rings. The maximum atomic E-state index is 11.7. The number of rotatable bonds is 4. The van der Waals surface area contributed by atoms with E-state index in [4.69, 9.17) is 9.52 Å². The van der Waals surface area contributed by atoms with Crippen LogP contribution in [0, 0.1) is 0 Å². The molecule has 2 unspecified atom stereocenters. The Morgan fingerprint density at radius 3 is 2.59 bits per heavy atom. The van der Waals surface area contributed by atoms with Crippen molar-refractivity contribution in [2.75, 3.05) is 7.05 Å². The van der Waals surface area contributed by atoms with Gasteiger partial charge in [0.05, 0.1) is 12.3 Å². The Bertz CT molecular complexity index is 388. The Labute approximate surface area is 99.2 Å². The number of hydrogen-bond donors (Lipinski definition) is 2. The average Bonchev–Trinajstić information content (AvgIpc) is 2.80. The van der Waals surface area contributed by atoms with E-state index >= 15 is 0 Å². The highest BCUT2D eigenvalue weighted by Gasteiger charge is 2.23. The van der Waals surface area contributed by atoms with Crippen molar-refractivity contribution in [3.8, 4) is 0 Å². The second-order valence-corrected chi connectivity index (χ2v) is 3.81. The summed E-state index contributed by atoms with van der Waals surface area (Å²) in [4.78, 5) is 23.6. The number of nitrogens with one attached hydrogen (secondary N) is 1. The third kappa shape index (κ3) is 3.24. The standard InChI is InChI=1S/C11H16N2O4/c1-7(9-5-4-6-17-9)12-11(16)13(3)8(2)10(14)15/h4-8H,1-3H3,(H,12,16)(H,14,15). The van der Waals surface area contributed by atoms with Gasteiger partial charge in [-0.25, -0.2) is 9.59 Å². The largest absolute Gasteiger partial charge is 0.480 e. The molecule has 6 heteroatoms. The SMILES string of the molecule is CC(NC(=O)N(C)C(C)C(=O)O)c1ccco1. The van der Waals surface area contributed by atoms with Crippen LogP contribution in [-0.2, 0) is 4.79 Å². The van der Waals surface area contributed by atoms with E-state index < -0.39 is 18.0 Å². The molecule has 0 aliphatic heterocycles. The first-order chi connectivity index (χ1) is 7.93. The van der Waals surface area contributed by atoms with Crippen molar-refractivity contribution >= 4 is 12.0 Å². The molecule has 17 heavy (non-hydrogen) atoms. The van der Waals surface area contributed by atoms with Gasteiger partial charge >= 0.3 is 12.0 Å². The third-order valence-corrected chi connectivity index (χ3v) is 2.57. The van der Waals surface area contributed by atoms with Crippen LogP contribution < -0.4 is 5.32 Å². The lowest BCUT2D eigenvalue weighted by molar-refractivity contribution is -0.141. The fourth-order valence-electron chi connectivity index (χ4n) is 1.24. The van der Waals surface area contributed by atoms with E-state index in [0.717, 1.165) is 4.90 Å². The van der Waals surface area contributed by atoms with Gasteiger partial charge in [0.15, 0.2) is 0 Å². The first kappa shape index (κ1) is 13.1. The summed E-state index contributed by atoms with van der Waals surface area (Å²) < 4.78 is 5.13. The molecule has 0 saturated heterocycles. The van der Waals surface area contributed by atoms with Crippen molar-refractivity contribution in [2.24, 2.45) is 0 Å². The summed E-state index contributed by atoms with van der Waals surface area (Å²) >= 11 is 0. The molecular formula is C11H16N2O4. The molecule has 94 valence electrons. The van der Waals surface area contributed by atoms with E-state index in [0.29, 0.717) is 5.76 Å². The number of amides is 2. The zero-order valence-electron chi connectivity index (χ0n) is 10.0. The van der Waals surface area contributed by atoms with Gasteiger partial charge < -0.3 is 19.7 Å². The number of nitrogens with zero attached hydrogens (tertiary/aromatic N) is 1. The topological polar surface area (TPSA) is 82.8 Å². The van der Waals surface area contributed by atoms with Crippen LogP contribution in [0.4, 0.5) is 4.79 Å². The van der Waals surface area contributed by atoms with Crippen LogP contribution in [0.1, 0.15) is 25.6 Å². The zero-order chi connectivity index (χ0) is 13.0. The van der Waals surface area contributed by atoms with Crippen LogP contribution in [0.25, 0.3) is 0 Å². The summed E-state index contributed by atoms with van der Waals surface area (Å²) in [5.74, 6) is -0.428. The Kier molecular flexibility index (Phi) is 4.14. The maximum Gasteiger partial charge on any atom is 0.326 e. The van der Waals surface area contributed by atoms with Crippen LogP contribution in [0.15, 0.2) is 22.8 Å². The van der Waals surface area contributed by atoms with Gasteiger partial charge in [-0.05, 0) is 26.0 Å². The predicted molar refractivity (Wildman–Crippen MR) is 60.5 cm³/mol. The lowest BCUT2D eigenvalue weighted by atomic mass is 10.2. The fourth-order valence-corrected chi connectivity index (χ4v) is 1.24. The molecule has 2 atom stereocenters. The number of urea groups is 1.